The van der Waals surface area contributed by atoms with E-state index in [1.165, 1.54) is 12.8 Å². The van der Waals surface area contributed by atoms with Crippen molar-refractivity contribution in [1.29, 1.82) is 0 Å². The van der Waals surface area contributed by atoms with E-state index in [2.05, 4.69) is 20.8 Å². The van der Waals surface area contributed by atoms with Crippen LogP contribution >= 0.6 is 27.3 Å². The lowest BCUT2D eigenvalue weighted by Crippen LogP contribution is -2.57. The average molecular weight is 358 g/mol. The van der Waals surface area contributed by atoms with Crippen LogP contribution < -0.4 is 0 Å². The minimum atomic E-state index is -0.215. The van der Waals surface area contributed by atoms with Crippen molar-refractivity contribution in [2.75, 3.05) is 26.3 Å². The highest BCUT2D eigenvalue weighted by Crippen LogP contribution is 2.38. The summed E-state index contributed by atoms with van der Waals surface area (Å²) in [5, 5.41) is 2.04. The Morgan fingerprint density at radius 2 is 2.05 bits per heavy atom. The fourth-order valence-electron chi connectivity index (χ4n) is 3.48. The largest absolute Gasteiger partial charge is 0.379 e. The first-order valence-corrected chi connectivity index (χ1v) is 8.98. The molecule has 1 saturated carbocycles. The van der Waals surface area contributed by atoms with Gasteiger partial charge in [0.15, 0.2) is 5.78 Å². The van der Waals surface area contributed by atoms with Gasteiger partial charge in [-0.05, 0) is 40.2 Å². The zero-order chi connectivity index (χ0) is 14.0. The molecule has 0 amide bonds. The zero-order valence-electron chi connectivity index (χ0n) is 11.6. The molecule has 0 N–H and O–H groups in total. The number of Topliss-reactive ketones (excluding diaryl/α,β-unsaturated/α-hetero) is 1. The molecular weight excluding hydrogens is 338 g/mol. The lowest BCUT2D eigenvalue weighted by atomic mass is 9.87. The van der Waals surface area contributed by atoms with Gasteiger partial charge in [0.25, 0.3) is 0 Å². The van der Waals surface area contributed by atoms with Gasteiger partial charge in [0, 0.05) is 28.9 Å². The monoisotopic (exact) mass is 357 g/mol. The van der Waals surface area contributed by atoms with Crippen molar-refractivity contribution < 1.29 is 9.53 Å². The highest BCUT2D eigenvalue weighted by atomic mass is 79.9. The van der Waals surface area contributed by atoms with Crippen LogP contribution in [-0.4, -0.2) is 42.5 Å². The summed E-state index contributed by atoms with van der Waals surface area (Å²) in [7, 11) is 0. The Kier molecular flexibility index (Phi) is 4.60. The van der Waals surface area contributed by atoms with Crippen molar-refractivity contribution in [2.24, 2.45) is 0 Å². The molecule has 1 saturated heterocycles. The van der Waals surface area contributed by atoms with E-state index in [0.29, 0.717) is 12.2 Å². The van der Waals surface area contributed by atoms with Gasteiger partial charge in [0.1, 0.15) is 0 Å². The molecule has 0 atom stereocenters. The van der Waals surface area contributed by atoms with Crippen molar-refractivity contribution >= 4 is 33.0 Å². The number of hydrogen-bond donors (Lipinski definition) is 0. The summed E-state index contributed by atoms with van der Waals surface area (Å²) in [4.78, 5) is 16.5. The summed E-state index contributed by atoms with van der Waals surface area (Å²) >= 11 is 5.21. The van der Waals surface area contributed by atoms with Crippen LogP contribution in [0.15, 0.2) is 15.9 Å². The first-order valence-electron chi connectivity index (χ1n) is 7.30. The van der Waals surface area contributed by atoms with Crippen molar-refractivity contribution in [2.45, 2.75) is 37.6 Å². The number of ketones is 1. The van der Waals surface area contributed by atoms with E-state index in [0.717, 1.165) is 48.5 Å². The normalized spacial score (nSPS) is 23.1. The minimum absolute atomic E-state index is 0.215. The van der Waals surface area contributed by atoms with Gasteiger partial charge in [-0.3, -0.25) is 9.69 Å². The maximum absolute atomic E-state index is 13.0. The summed E-state index contributed by atoms with van der Waals surface area (Å²) in [5.74, 6) is 0.403. The molecule has 1 aliphatic heterocycles. The molecule has 0 aromatic carbocycles. The third-order valence-corrected chi connectivity index (χ3v) is 6.50. The van der Waals surface area contributed by atoms with Gasteiger partial charge in [0.2, 0.25) is 0 Å². The van der Waals surface area contributed by atoms with Crippen molar-refractivity contribution in [3.63, 3.8) is 0 Å². The molecule has 5 heteroatoms. The topological polar surface area (TPSA) is 29.5 Å². The van der Waals surface area contributed by atoms with Crippen LogP contribution in [0.4, 0.5) is 0 Å². The van der Waals surface area contributed by atoms with E-state index < -0.39 is 0 Å². The summed E-state index contributed by atoms with van der Waals surface area (Å²) in [5.41, 5.74) is -0.215. The fourth-order valence-corrected chi connectivity index (χ4v) is 4.98. The van der Waals surface area contributed by atoms with Gasteiger partial charge in [-0.2, -0.15) is 0 Å². The van der Waals surface area contributed by atoms with Crippen LogP contribution in [0, 0.1) is 0 Å². The SMILES string of the molecule is O=C(Cc1sccc1Br)C1(N2CCOCC2)CCCC1. The standard InChI is InChI=1S/C15H20BrNO2S/c16-12-3-10-20-13(12)11-14(18)15(4-1-2-5-15)17-6-8-19-9-7-17/h3,10H,1-2,4-9,11H2. The molecule has 0 spiro atoms. The molecule has 0 unspecified atom stereocenters. The highest BCUT2D eigenvalue weighted by Gasteiger charge is 2.45. The molecule has 2 heterocycles. The molecule has 3 rings (SSSR count). The Bertz CT molecular complexity index is 476. The smallest absolute Gasteiger partial charge is 0.158 e. The van der Waals surface area contributed by atoms with Crippen LogP contribution in [-0.2, 0) is 16.0 Å². The Morgan fingerprint density at radius 1 is 1.35 bits per heavy atom. The molecule has 1 aromatic heterocycles. The molecule has 2 aliphatic rings. The first kappa shape index (κ1) is 14.7. The second-order valence-corrected chi connectivity index (χ2v) is 7.48. The minimum Gasteiger partial charge on any atom is -0.379 e. The van der Waals surface area contributed by atoms with Crippen LogP contribution in [0.1, 0.15) is 30.6 Å². The number of hydrogen-bond acceptors (Lipinski definition) is 4. The number of halogens is 1. The van der Waals surface area contributed by atoms with Gasteiger partial charge in [-0.1, -0.05) is 12.8 Å². The average Bonchev–Trinajstić information content (AvgIpc) is 3.11. The summed E-state index contributed by atoms with van der Waals surface area (Å²) < 4.78 is 6.53. The first-order chi connectivity index (χ1) is 9.72. The number of carbonyl (C=O) groups excluding carboxylic acids is 1. The molecule has 1 aromatic rings. The maximum Gasteiger partial charge on any atom is 0.158 e. The van der Waals surface area contributed by atoms with Crippen LogP contribution in [0.3, 0.4) is 0 Å². The van der Waals surface area contributed by atoms with E-state index in [-0.39, 0.29) is 5.54 Å². The number of ether oxygens (including phenoxy) is 1. The third kappa shape index (κ3) is 2.73. The molecule has 2 fully saturated rings. The quantitative estimate of drug-likeness (QED) is 0.828. The lowest BCUT2D eigenvalue weighted by Gasteiger charge is -2.42. The van der Waals surface area contributed by atoms with E-state index in [4.69, 9.17) is 4.74 Å². The molecule has 1 aliphatic carbocycles. The zero-order valence-corrected chi connectivity index (χ0v) is 14.0. The van der Waals surface area contributed by atoms with E-state index in [1.807, 2.05) is 11.4 Å². The van der Waals surface area contributed by atoms with E-state index in [9.17, 15) is 4.79 Å². The van der Waals surface area contributed by atoms with Gasteiger partial charge >= 0.3 is 0 Å². The second kappa shape index (κ2) is 6.26. The number of nitrogens with zero attached hydrogens (tertiary/aromatic N) is 1. The second-order valence-electron chi connectivity index (χ2n) is 5.63. The molecule has 110 valence electrons. The molecule has 0 bridgehead atoms. The van der Waals surface area contributed by atoms with Gasteiger partial charge in [0.05, 0.1) is 18.8 Å². The van der Waals surface area contributed by atoms with Crippen molar-refractivity contribution in [1.82, 2.24) is 4.90 Å². The van der Waals surface area contributed by atoms with Gasteiger partial charge in [-0.25, -0.2) is 0 Å². The maximum atomic E-state index is 13.0. The number of rotatable bonds is 4. The van der Waals surface area contributed by atoms with Crippen LogP contribution in [0.5, 0.6) is 0 Å². The summed E-state index contributed by atoms with van der Waals surface area (Å²) in [6, 6.07) is 2.03. The van der Waals surface area contributed by atoms with Crippen LogP contribution in [0.2, 0.25) is 0 Å². The van der Waals surface area contributed by atoms with Crippen molar-refractivity contribution in [3.8, 4) is 0 Å². The predicted octanol–water partition coefficient (Wildman–Crippen LogP) is 3.27. The highest BCUT2D eigenvalue weighted by molar-refractivity contribution is 9.10. The van der Waals surface area contributed by atoms with E-state index >= 15 is 0 Å². The van der Waals surface area contributed by atoms with E-state index in [1.54, 1.807) is 11.3 Å². The lowest BCUT2D eigenvalue weighted by molar-refractivity contribution is -0.133. The molecule has 20 heavy (non-hydrogen) atoms. The fraction of sp³-hybridized carbons (Fsp3) is 0.667. The molecular formula is C15H20BrNO2S. The third-order valence-electron chi connectivity index (χ3n) is 4.58. The molecule has 0 radical (unpaired) electrons. The van der Waals surface area contributed by atoms with Gasteiger partial charge in [-0.15, -0.1) is 11.3 Å². The summed E-state index contributed by atoms with van der Waals surface area (Å²) in [6.45, 7) is 3.32. The van der Waals surface area contributed by atoms with Crippen molar-refractivity contribution in [3.05, 3.63) is 20.8 Å². The Balaban J connectivity index is 1.79. The number of thiophene rings is 1. The molecule has 3 nitrogen and oxygen atoms in total. The number of carbonyl (C=O) groups is 1. The Labute approximate surface area is 132 Å². The van der Waals surface area contributed by atoms with Crippen LogP contribution in [0.25, 0.3) is 0 Å². The Hall–Kier alpha value is -0.230. The van der Waals surface area contributed by atoms with Gasteiger partial charge < -0.3 is 4.74 Å². The predicted molar refractivity (Wildman–Crippen MR) is 84.3 cm³/mol. The number of morpholine rings is 1. The Morgan fingerprint density at radius 3 is 2.65 bits per heavy atom. The summed E-state index contributed by atoms with van der Waals surface area (Å²) in [6.07, 6.45) is 4.96.